The highest BCUT2D eigenvalue weighted by Gasteiger charge is 2.35. The monoisotopic (exact) mass is 979 g/mol. The summed E-state index contributed by atoms with van der Waals surface area (Å²) in [6.45, 7) is 21.8. The molecule has 0 saturated carbocycles. The van der Waals surface area contributed by atoms with Gasteiger partial charge in [-0.25, -0.2) is 29.5 Å². The fourth-order valence-electron chi connectivity index (χ4n) is 8.73. The number of aromatic nitrogens is 8. The first-order chi connectivity index (χ1) is 34.0. The number of nitrogens with zero attached hydrogens (tertiary/aromatic N) is 4. The largest absolute Gasteiger partial charge is 0.455 e. The van der Waals surface area contributed by atoms with Crippen molar-refractivity contribution in [2.45, 2.75) is 144 Å². The topological polar surface area (TPSA) is 280 Å². The summed E-state index contributed by atoms with van der Waals surface area (Å²) < 4.78 is 10.9. The first kappa shape index (κ1) is 53.9. The normalized spacial score (nSPS) is 14.4. The number of esters is 2. The van der Waals surface area contributed by atoms with Crippen LogP contribution in [0.3, 0.4) is 0 Å². The van der Waals surface area contributed by atoms with Crippen molar-refractivity contribution in [1.29, 1.82) is 21.6 Å². The number of nitrogens with one attached hydrogen (secondary N) is 8. The molecule has 0 aliphatic carbocycles. The standard InChI is InChI=1S/C55H70N12O5/c1-13-35(48-60-25-39(64-48)31-17-21-33(22-18-31)41-27-62-50(66-41)37(15-3)45(58)52(69)71-54(7,8)9)43(56)29(5)47(68)30(6)44(57)36(14-2)49-61-26-40(65-49)32-19-23-34(24-20-32)42-28-63-51(67-42)38(16-4)46(59)53(70)72-55(10,11)12/h17-30,35-38,56-59H,13-16H2,1-12H3,(H,60,64)(H,61,65)(H,62,66)(H,63,67). The van der Waals surface area contributed by atoms with Gasteiger partial charge in [0.1, 0.15) is 51.7 Å². The van der Waals surface area contributed by atoms with Gasteiger partial charge in [0, 0.05) is 11.4 Å². The molecular formula is C55H70N12O5. The van der Waals surface area contributed by atoms with E-state index in [9.17, 15) is 25.2 Å². The van der Waals surface area contributed by atoms with Gasteiger partial charge in [0.15, 0.2) is 0 Å². The van der Waals surface area contributed by atoms with Gasteiger partial charge < -0.3 is 40.2 Å². The van der Waals surface area contributed by atoms with Crippen LogP contribution >= 0.6 is 0 Å². The summed E-state index contributed by atoms with van der Waals surface area (Å²) in [4.78, 5) is 71.1. The molecule has 380 valence electrons. The summed E-state index contributed by atoms with van der Waals surface area (Å²) in [6.07, 6.45) is 8.92. The van der Waals surface area contributed by atoms with Crippen LogP contribution in [0.2, 0.25) is 0 Å². The van der Waals surface area contributed by atoms with Gasteiger partial charge in [-0.15, -0.1) is 0 Å². The summed E-state index contributed by atoms with van der Waals surface area (Å²) in [5.41, 5.74) is 5.22. The van der Waals surface area contributed by atoms with Crippen molar-refractivity contribution in [3.8, 4) is 45.0 Å². The summed E-state index contributed by atoms with van der Waals surface area (Å²) in [7, 11) is 0. The van der Waals surface area contributed by atoms with Crippen LogP contribution in [0.5, 0.6) is 0 Å². The number of hydrogen-bond donors (Lipinski definition) is 8. The number of imidazole rings is 4. The van der Waals surface area contributed by atoms with Crippen molar-refractivity contribution in [2.24, 2.45) is 11.8 Å². The molecule has 17 heteroatoms. The first-order valence-corrected chi connectivity index (χ1v) is 24.7. The molecular weight excluding hydrogens is 909 g/mol. The minimum absolute atomic E-state index is 0.149. The number of rotatable bonds is 22. The minimum atomic E-state index is -0.767. The van der Waals surface area contributed by atoms with Gasteiger partial charge in [0.25, 0.3) is 0 Å². The van der Waals surface area contributed by atoms with E-state index in [0.717, 1.165) is 45.0 Å². The van der Waals surface area contributed by atoms with Crippen molar-refractivity contribution < 1.29 is 23.9 Å². The predicted molar refractivity (Wildman–Crippen MR) is 281 cm³/mol. The molecule has 72 heavy (non-hydrogen) atoms. The molecule has 6 aromatic rings. The summed E-state index contributed by atoms with van der Waals surface area (Å²) in [6, 6.07) is 15.6. The van der Waals surface area contributed by atoms with Gasteiger partial charge in [-0.3, -0.25) is 15.6 Å². The molecule has 4 heterocycles. The number of aromatic amines is 4. The highest BCUT2D eigenvalue weighted by atomic mass is 16.6. The van der Waals surface area contributed by atoms with E-state index in [1.807, 2.05) is 76.2 Å². The predicted octanol–water partition coefficient (Wildman–Crippen LogP) is 11.5. The molecule has 0 amide bonds. The molecule has 17 nitrogen and oxygen atoms in total. The maximum Gasteiger partial charge on any atom is 0.353 e. The van der Waals surface area contributed by atoms with E-state index in [1.54, 1.807) is 80.2 Å². The molecule has 0 spiro atoms. The number of ether oxygens (including phenoxy) is 2. The molecule has 0 aliphatic rings. The number of ketones is 1. The fraction of sp³-hybridized carbons (Fsp3) is 0.436. The Bertz CT molecular complexity index is 2730. The SMILES string of the molecule is CCC(C(=N)C(=O)OC(C)(C)C)c1ncc(-c2ccc(-c3cnc(C(CC)C(=N)C(C)C(=O)C(C)C(=N)C(CC)c4ncc(-c5ccc(-c6cnc(C(CC)C(=N)C(=O)OC(C)(C)C)[nH]6)cc5)[nH]4)[nH]3)cc2)[nH]1. The van der Waals surface area contributed by atoms with Crippen LogP contribution < -0.4 is 0 Å². The van der Waals surface area contributed by atoms with E-state index in [4.69, 9.17) is 20.3 Å². The molecule has 8 N–H and O–H groups in total. The third-order valence-electron chi connectivity index (χ3n) is 12.8. The molecule has 0 bridgehead atoms. The average Bonchev–Trinajstić information content (AvgIpc) is 4.20. The Morgan fingerprint density at radius 1 is 0.458 bits per heavy atom. The highest BCUT2D eigenvalue weighted by molar-refractivity contribution is 6.37. The zero-order valence-electron chi connectivity index (χ0n) is 43.6. The Morgan fingerprint density at radius 2 is 0.694 bits per heavy atom. The van der Waals surface area contributed by atoms with Crippen LogP contribution in [0.15, 0.2) is 73.3 Å². The Labute approximate surface area is 421 Å². The molecule has 0 saturated heterocycles. The number of hydrogen-bond acceptors (Lipinski definition) is 13. The van der Waals surface area contributed by atoms with Gasteiger partial charge in [-0.2, -0.15) is 0 Å². The summed E-state index contributed by atoms with van der Waals surface area (Å²) in [5.74, 6) is -2.85. The highest BCUT2D eigenvalue weighted by Crippen LogP contribution is 2.33. The minimum Gasteiger partial charge on any atom is -0.455 e. The molecule has 6 unspecified atom stereocenters. The lowest BCUT2D eigenvalue weighted by Gasteiger charge is -2.24. The van der Waals surface area contributed by atoms with Crippen molar-refractivity contribution in [2.75, 3.05) is 0 Å². The Morgan fingerprint density at radius 3 is 0.917 bits per heavy atom. The Kier molecular flexibility index (Phi) is 16.7. The molecule has 0 radical (unpaired) electrons. The molecule has 0 fully saturated rings. The number of Topliss-reactive ketones (excluding diaryl/α,β-unsaturated/α-hetero) is 1. The number of benzene rings is 2. The van der Waals surface area contributed by atoms with E-state index in [2.05, 4.69) is 39.9 Å². The lowest BCUT2D eigenvalue weighted by Crippen LogP contribution is -2.35. The second kappa shape index (κ2) is 22.3. The van der Waals surface area contributed by atoms with Crippen LogP contribution in [0.4, 0.5) is 0 Å². The number of carbonyl (C=O) groups is 3. The van der Waals surface area contributed by atoms with Crippen LogP contribution in [-0.4, -0.2) is 91.6 Å². The molecule has 0 aliphatic heterocycles. The van der Waals surface area contributed by atoms with Gasteiger partial charge in [0.05, 0.1) is 83.1 Å². The fourth-order valence-corrected chi connectivity index (χ4v) is 8.73. The maximum atomic E-state index is 14.1. The van der Waals surface area contributed by atoms with Crippen molar-refractivity contribution in [3.05, 3.63) is 96.6 Å². The van der Waals surface area contributed by atoms with E-state index in [-0.39, 0.29) is 28.6 Å². The third-order valence-corrected chi connectivity index (χ3v) is 12.8. The van der Waals surface area contributed by atoms with Crippen LogP contribution in [0, 0.1) is 33.5 Å². The van der Waals surface area contributed by atoms with Crippen molar-refractivity contribution >= 4 is 40.6 Å². The maximum absolute atomic E-state index is 14.1. The molecule has 2 aromatic carbocycles. The number of H-pyrrole nitrogens is 4. The van der Waals surface area contributed by atoms with Crippen LogP contribution in [0.1, 0.15) is 156 Å². The summed E-state index contributed by atoms with van der Waals surface area (Å²) >= 11 is 0. The molecule has 6 rings (SSSR count). The Hall–Kier alpha value is -7.43. The smallest absolute Gasteiger partial charge is 0.353 e. The van der Waals surface area contributed by atoms with Gasteiger partial charge in [0.2, 0.25) is 0 Å². The zero-order chi connectivity index (χ0) is 52.8. The van der Waals surface area contributed by atoms with E-state index in [1.165, 1.54) is 0 Å². The zero-order valence-corrected chi connectivity index (χ0v) is 43.6. The van der Waals surface area contributed by atoms with E-state index >= 15 is 0 Å². The van der Waals surface area contributed by atoms with Gasteiger partial charge in [-0.05, 0) is 89.5 Å². The average molecular weight is 979 g/mol. The molecule has 6 atom stereocenters. The Balaban J connectivity index is 1.07. The lowest BCUT2D eigenvalue weighted by atomic mass is 9.80. The van der Waals surface area contributed by atoms with Crippen LogP contribution in [-0.2, 0) is 23.9 Å². The third kappa shape index (κ3) is 12.4. The van der Waals surface area contributed by atoms with Gasteiger partial charge >= 0.3 is 11.9 Å². The van der Waals surface area contributed by atoms with Crippen LogP contribution in [0.25, 0.3) is 45.0 Å². The molecule has 4 aromatic heterocycles. The van der Waals surface area contributed by atoms with Gasteiger partial charge in [-0.1, -0.05) is 90.1 Å². The quantitative estimate of drug-likeness (QED) is 0.0237. The van der Waals surface area contributed by atoms with Crippen molar-refractivity contribution in [1.82, 2.24) is 39.9 Å². The summed E-state index contributed by atoms with van der Waals surface area (Å²) in [5, 5.41) is 35.5. The second-order valence-electron chi connectivity index (χ2n) is 20.3. The second-order valence-corrected chi connectivity index (χ2v) is 20.3. The van der Waals surface area contributed by atoms with E-state index < -0.39 is 58.6 Å². The number of carbonyl (C=O) groups excluding carboxylic acids is 3. The van der Waals surface area contributed by atoms with Crippen molar-refractivity contribution in [3.63, 3.8) is 0 Å². The first-order valence-electron chi connectivity index (χ1n) is 24.7. The van der Waals surface area contributed by atoms with E-state index in [0.29, 0.717) is 49.0 Å². The lowest BCUT2D eigenvalue weighted by molar-refractivity contribution is -0.147.